The highest BCUT2D eigenvalue weighted by molar-refractivity contribution is 6.01. The SMILES string of the molecule is CN(C)CCOc1cc(F)cc(-c2cccc3[nH]c(-c4n[nH]c5ccc(-c6cncc(N7CC(N)C7)n6)cc45)cc23)c1. The fourth-order valence-electron chi connectivity index (χ4n) is 5.41. The van der Waals surface area contributed by atoms with Crippen LogP contribution in [-0.4, -0.2) is 76.4 Å². The Kier molecular flexibility index (Phi) is 6.56. The normalized spacial score (nSPS) is 13.8. The van der Waals surface area contributed by atoms with E-state index in [0.717, 1.165) is 81.0 Å². The number of nitrogens with two attached hydrogens (primary N) is 1. The Morgan fingerprint density at radius 2 is 1.88 bits per heavy atom. The van der Waals surface area contributed by atoms with Gasteiger partial charge in [-0.2, -0.15) is 5.10 Å². The number of ether oxygens (including phenoxy) is 1. The van der Waals surface area contributed by atoms with Gasteiger partial charge in [0, 0.05) is 53.6 Å². The number of aromatic amines is 2. The molecule has 3 aromatic carbocycles. The summed E-state index contributed by atoms with van der Waals surface area (Å²) in [5.74, 6) is 0.998. The fourth-order valence-corrected chi connectivity index (χ4v) is 5.41. The second-order valence-electron chi connectivity index (χ2n) is 11.0. The van der Waals surface area contributed by atoms with Gasteiger partial charge >= 0.3 is 0 Å². The van der Waals surface area contributed by atoms with Gasteiger partial charge in [0.05, 0.1) is 29.3 Å². The molecule has 0 aliphatic carbocycles. The number of nitrogens with zero attached hydrogens (tertiary/aromatic N) is 5. The van der Waals surface area contributed by atoms with Gasteiger partial charge in [0.15, 0.2) is 0 Å². The summed E-state index contributed by atoms with van der Waals surface area (Å²) in [6.07, 6.45) is 3.55. The minimum atomic E-state index is -0.338. The molecule has 0 radical (unpaired) electrons. The van der Waals surface area contributed by atoms with Gasteiger partial charge in [-0.1, -0.05) is 18.2 Å². The van der Waals surface area contributed by atoms with Crippen LogP contribution < -0.4 is 15.4 Å². The number of fused-ring (bicyclic) bond motifs is 2. The zero-order valence-corrected chi connectivity index (χ0v) is 23.4. The van der Waals surface area contributed by atoms with E-state index in [9.17, 15) is 4.39 Å². The van der Waals surface area contributed by atoms with Crippen molar-refractivity contribution in [1.29, 1.82) is 0 Å². The molecular weight excluding hydrogens is 531 g/mol. The van der Waals surface area contributed by atoms with Crippen molar-refractivity contribution >= 4 is 27.6 Å². The monoisotopic (exact) mass is 562 g/mol. The first-order valence-corrected chi connectivity index (χ1v) is 13.9. The molecule has 1 aliphatic heterocycles. The van der Waals surface area contributed by atoms with Crippen molar-refractivity contribution in [3.63, 3.8) is 0 Å². The smallest absolute Gasteiger partial charge is 0.147 e. The third-order valence-electron chi connectivity index (χ3n) is 7.62. The van der Waals surface area contributed by atoms with Crippen molar-refractivity contribution in [1.82, 2.24) is 30.0 Å². The number of hydrogen-bond donors (Lipinski definition) is 3. The third kappa shape index (κ3) is 4.95. The Bertz CT molecular complexity index is 1910. The van der Waals surface area contributed by atoms with Gasteiger partial charge < -0.3 is 25.3 Å². The van der Waals surface area contributed by atoms with Crippen LogP contribution in [0.5, 0.6) is 5.75 Å². The van der Waals surface area contributed by atoms with Crippen LogP contribution in [0, 0.1) is 5.82 Å². The number of anilines is 1. The van der Waals surface area contributed by atoms with Crippen LogP contribution in [0.2, 0.25) is 0 Å². The zero-order chi connectivity index (χ0) is 28.8. The van der Waals surface area contributed by atoms with Crippen LogP contribution in [-0.2, 0) is 0 Å². The molecule has 1 saturated heterocycles. The summed E-state index contributed by atoms with van der Waals surface area (Å²) in [6, 6.07) is 19.2. The Labute approximate surface area is 242 Å². The molecule has 0 bridgehead atoms. The third-order valence-corrected chi connectivity index (χ3v) is 7.62. The van der Waals surface area contributed by atoms with Crippen LogP contribution in [0.1, 0.15) is 0 Å². The van der Waals surface area contributed by atoms with Crippen LogP contribution >= 0.6 is 0 Å². The molecule has 1 aliphatic rings. The molecule has 0 unspecified atom stereocenters. The Morgan fingerprint density at radius 3 is 2.71 bits per heavy atom. The van der Waals surface area contributed by atoms with Crippen molar-refractivity contribution in [3.8, 4) is 39.5 Å². The summed E-state index contributed by atoms with van der Waals surface area (Å²) in [5.41, 5.74) is 12.8. The van der Waals surface area contributed by atoms with Crippen molar-refractivity contribution < 1.29 is 9.13 Å². The second-order valence-corrected chi connectivity index (χ2v) is 11.0. The van der Waals surface area contributed by atoms with Gasteiger partial charge in [0.2, 0.25) is 0 Å². The summed E-state index contributed by atoms with van der Waals surface area (Å²) in [7, 11) is 3.95. The predicted molar refractivity (Wildman–Crippen MR) is 164 cm³/mol. The first-order valence-electron chi connectivity index (χ1n) is 13.9. The number of aromatic nitrogens is 5. The summed E-state index contributed by atoms with van der Waals surface area (Å²) < 4.78 is 20.5. The summed E-state index contributed by atoms with van der Waals surface area (Å²) >= 11 is 0. The van der Waals surface area contributed by atoms with Crippen LogP contribution in [0.25, 0.3) is 55.6 Å². The number of benzene rings is 3. The molecule has 0 amide bonds. The number of H-pyrrole nitrogens is 2. The van der Waals surface area contributed by atoms with Crippen LogP contribution in [0.4, 0.5) is 10.2 Å². The van der Waals surface area contributed by atoms with Gasteiger partial charge in [0.1, 0.15) is 29.7 Å². The molecule has 4 N–H and O–H groups in total. The zero-order valence-electron chi connectivity index (χ0n) is 23.4. The quantitative estimate of drug-likeness (QED) is 0.238. The van der Waals surface area contributed by atoms with E-state index < -0.39 is 0 Å². The summed E-state index contributed by atoms with van der Waals surface area (Å²) in [6.45, 7) is 2.79. The highest BCUT2D eigenvalue weighted by Gasteiger charge is 2.24. The Balaban J connectivity index is 1.24. The molecule has 6 aromatic rings. The van der Waals surface area contributed by atoms with Crippen LogP contribution in [0.15, 0.2) is 73.1 Å². The lowest BCUT2D eigenvalue weighted by atomic mass is 10.0. The average molecular weight is 563 g/mol. The minimum absolute atomic E-state index is 0.182. The number of nitrogens with one attached hydrogen (secondary N) is 2. The minimum Gasteiger partial charge on any atom is -0.492 e. The van der Waals surface area contributed by atoms with Gasteiger partial charge in [-0.25, -0.2) is 9.37 Å². The van der Waals surface area contributed by atoms with E-state index in [0.29, 0.717) is 12.4 Å². The topological polar surface area (TPSA) is 112 Å². The molecule has 212 valence electrons. The standard InChI is InChI=1S/C32H31FN8O/c1-40(2)8-9-42-23-11-20(10-21(33)13-23)24-4-3-5-27-25(24)14-29(36-27)32-26-12-19(6-7-28(26)38-39-32)30-15-35-16-31(37-30)41-17-22(34)18-41/h3-7,10-16,22,36H,8-9,17-18,34H2,1-2H3,(H,38,39). The first kappa shape index (κ1) is 26.1. The van der Waals surface area contributed by atoms with Crippen LogP contribution in [0.3, 0.4) is 0 Å². The van der Waals surface area contributed by atoms with E-state index in [1.807, 2.05) is 55.4 Å². The summed E-state index contributed by atoms with van der Waals surface area (Å²) in [5, 5.41) is 9.73. The first-order chi connectivity index (χ1) is 20.4. The maximum atomic E-state index is 14.7. The van der Waals surface area contributed by atoms with E-state index in [2.05, 4.69) is 37.2 Å². The van der Waals surface area contributed by atoms with E-state index in [4.69, 9.17) is 15.5 Å². The maximum absolute atomic E-state index is 14.7. The van der Waals surface area contributed by atoms with E-state index in [1.54, 1.807) is 18.5 Å². The van der Waals surface area contributed by atoms with E-state index >= 15 is 0 Å². The lowest BCUT2D eigenvalue weighted by Gasteiger charge is -2.37. The number of rotatable bonds is 8. The van der Waals surface area contributed by atoms with Gasteiger partial charge in [-0.05, 0) is 61.6 Å². The molecular formula is C32H31FN8O. The van der Waals surface area contributed by atoms with Gasteiger partial charge in [-0.3, -0.25) is 10.1 Å². The largest absolute Gasteiger partial charge is 0.492 e. The summed E-state index contributed by atoms with van der Waals surface area (Å²) in [4.78, 5) is 16.9. The van der Waals surface area contributed by atoms with Crippen molar-refractivity contribution in [2.45, 2.75) is 6.04 Å². The van der Waals surface area contributed by atoms with E-state index in [1.165, 1.54) is 6.07 Å². The molecule has 42 heavy (non-hydrogen) atoms. The van der Waals surface area contributed by atoms with Crippen molar-refractivity contribution in [2.75, 3.05) is 45.2 Å². The van der Waals surface area contributed by atoms with Crippen molar-refractivity contribution in [2.24, 2.45) is 5.73 Å². The number of likely N-dealkylation sites (N-methyl/N-ethyl adjacent to an activating group) is 1. The maximum Gasteiger partial charge on any atom is 0.147 e. The molecule has 9 nitrogen and oxygen atoms in total. The lowest BCUT2D eigenvalue weighted by molar-refractivity contribution is 0.260. The molecule has 0 atom stereocenters. The molecule has 4 heterocycles. The predicted octanol–water partition coefficient (Wildman–Crippen LogP) is 5.06. The molecule has 7 rings (SSSR count). The number of halogens is 1. The molecule has 0 saturated carbocycles. The molecule has 10 heteroatoms. The fraction of sp³-hybridized carbons (Fsp3) is 0.219. The van der Waals surface area contributed by atoms with E-state index in [-0.39, 0.29) is 11.9 Å². The Morgan fingerprint density at radius 1 is 1.00 bits per heavy atom. The lowest BCUT2D eigenvalue weighted by Crippen LogP contribution is -2.56. The average Bonchev–Trinajstić information content (AvgIpc) is 3.59. The molecule has 0 spiro atoms. The highest BCUT2D eigenvalue weighted by atomic mass is 19.1. The molecule has 1 fully saturated rings. The van der Waals surface area contributed by atoms with Crippen molar-refractivity contribution in [3.05, 3.63) is 78.9 Å². The van der Waals surface area contributed by atoms with Gasteiger partial charge in [0.25, 0.3) is 0 Å². The molecule has 3 aromatic heterocycles. The Hall–Kier alpha value is -4.80. The second kappa shape index (κ2) is 10.6. The van der Waals surface area contributed by atoms with Gasteiger partial charge in [-0.15, -0.1) is 0 Å². The highest BCUT2D eigenvalue weighted by Crippen LogP contribution is 2.36. The number of hydrogen-bond acceptors (Lipinski definition) is 7.